The van der Waals surface area contributed by atoms with Gasteiger partial charge in [0.25, 0.3) is 5.91 Å². The van der Waals surface area contributed by atoms with E-state index in [0.29, 0.717) is 24.4 Å². The Morgan fingerprint density at radius 2 is 1.80 bits per heavy atom. The summed E-state index contributed by atoms with van der Waals surface area (Å²) in [5, 5.41) is 14.3. The van der Waals surface area contributed by atoms with E-state index in [4.69, 9.17) is 4.74 Å². The molecule has 2 unspecified atom stereocenters. The number of nitrogens with one attached hydrogen (secondary N) is 1. The fourth-order valence-corrected chi connectivity index (χ4v) is 5.68. The molecule has 1 fully saturated rings. The van der Waals surface area contributed by atoms with Gasteiger partial charge >= 0.3 is 12.1 Å². The van der Waals surface area contributed by atoms with Gasteiger partial charge in [0.2, 0.25) is 0 Å². The molecule has 0 saturated carbocycles. The Morgan fingerprint density at radius 3 is 2.46 bits per heavy atom. The topological polar surface area (TPSA) is 109 Å². The van der Waals surface area contributed by atoms with Crippen LogP contribution in [0.15, 0.2) is 53.9 Å². The SMILES string of the molecule is CC(NC(=O)OCC1c2ccccc2-c2ccccc21)c1nc(C(=O)N2CCCC2C(=O)O)cs1. The van der Waals surface area contributed by atoms with Gasteiger partial charge in [-0.1, -0.05) is 48.5 Å². The van der Waals surface area contributed by atoms with Crippen LogP contribution in [0.5, 0.6) is 0 Å². The molecule has 2 amide bonds. The molecule has 2 aliphatic rings. The number of carboxylic acid groups (broad SMARTS) is 1. The number of nitrogens with zero attached hydrogens (tertiary/aromatic N) is 2. The van der Waals surface area contributed by atoms with Crippen LogP contribution in [-0.2, 0) is 9.53 Å². The van der Waals surface area contributed by atoms with Crippen molar-refractivity contribution in [2.45, 2.75) is 37.8 Å². The highest BCUT2D eigenvalue weighted by Crippen LogP contribution is 2.44. The maximum atomic E-state index is 12.8. The number of carbonyl (C=O) groups is 3. The Bertz CT molecular complexity index is 1240. The van der Waals surface area contributed by atoms with Gasteiger partial charge in [0.1, 0.15) is 23.4 Å². The van der Waals surface area contributed by atoms with Gasteiger partial charge in [-0.3, -0.25) is 4.79 Å². The van der Waals surface area contributed by atoms with Crippen molar-refractivity contribution in [3.63, 3.8) is 0 Å². The average molecular weight is 492 g/mol. The Morgan fingerprint density at radius 1 is 1.14 bits per heavy atom. The molecule has 0 radical (unpaired) electrons. The molecule has 180 valence electrons. The van der Waals surface area contributed by atoms with Crippen molar-refractivity contribution in [3.8, 4) is 11.1 Å². The number of aromatic nitrogens is 1. The van der Waals surface area contributed by atoms with Crippen molar-refractivity contribution in [1.29, 1.82) is 0 Å². The van der Waals surface area contributed by atoms with E-state index in [-0.39, 0.29) is 18.2 Å². The number of aliphatic carboxylic acids is 1. The number of amides is 2. The zero-order valence-electron chi connectivity index (χ0n) is 19.1. The van der Waals surface area contributed by atoms with Crippen LogP contribution in [0.3, 0.4) is 0 Å². The molecule has 1 saturated heterocycles. The number of fused-ring (bicyclic) bond motifs is 3. The molecule has 2 heterocycles. The molecule has 0 bridgehead atoms. The van der Waals surface area contributed by atoms with Gasteiger partial charge in [-0.15, -0.1) is 11.3 Å². The van der Waals surface area contributed by atoms with E-state index in [9.17, 15) is 19.5 Å². The maximum absolute atomic E-state index is 12.8. The Balaban J connectivity index is 1.21. The van der Waals surface area contributed by atoms with E-state index in [1.165, 1.54) is 16.2 Å². The zero-order valence-corrected chi connectivity index (χ0v) is 20.0. The lowest BCUT2D eigenvalue weighted by molar-refractivity contribution is -0.141. The highest BCUT2D eigenvalue weighted by molar-refractivity contribution is 7.09. The van der Waals surface area contributed by atoms with Crippen LogP contribution in [0.4, 0.5) is 4.79 Å². The number of likely N-dealkylation sites (tertiary alicyclic amines) is 1. The van der Waals surface area contributed by atoms with E-state index in [2.05, 4.69) is 34.6 Å². The van der Waals surface area contributed by atoms with Crippen molar-refractivity contribution >= 4 is 29.3 Å². The number of alkyl carbamates (subject to hydrolysis) is 1. The van der Waals surface area contributed by atoms with Gasteiger partial charge in [0.05, 0.1) is 6.04 Å². The van der Waals surface area contributed by atoms with E-state index < -0.39 is 30.1 Å². The average Bonchev–Trinajstić information content (AvgIpc) is 3.60. The second-order valence-corrected chi connectivity index (χ2v) is 9.65. The summed E-state index contributed by atoms with van der Waals surface area (Å²) >= 11 is 1.24. The van der Waals surface area contributed by atoms with Gasteiger partial charge in [-0.2, -0.15) is 0 Å². The minimum atomic E-state index is -1.00. The molecule has 2 N–H and O–H groups in total. The van der Waals surface area contributed by atoms with Crippen LogP contribution in [0.2, 0.25) is 0 Å². The molecular weight excluding hydrogens is 466 g/mol. The first kappa shape index (κ1) is 23.0. The van der Waals surface area contributed by atoms with Crippen LogP contribution in [0.1, 0.15) is 58.3 Å². The van der Waals surface area contributed by atoms with Crippen molar-refractivity contribution in [2.75, 3.05) is 13.2 Å². The largest absolute Gasteiger partial charge is 0.480 e. The summed E-state index contributed by atoms with van der Waals surface area (Å²) in [6, 6.07) is 15.0. The van der Waals surface area contributed by atoms with E-state index >= 15 is 0 Å². The number of carbonyl (C=O) groups excluding carboxylic acids is 2. The number of ether oxygens (including phenoxy) is 1. The molecule has 3 aromatic rings. The number of rotatable bonds is 6. The van der Waals surface area contributed by atoms with E-state index in [1.807, 2.05) is 24.3 Å². The van der Waals surface area contributed by atoms with Crippen molar-refractivity contribution in [1.82, 2.24) is 15.2 Å². The quantitative estimate of drug-likeness (QED) is 0.528. The Kier molecular flexibility index (Phi) is 6.25. The van der Waals surface area contributed by atoms with Gasteiger partial charge < -0.3 is 20.1 Å². The van der Waals surface area contributed by atoms with Crippen LogP contribution >= 0.6 is 11.3 Å². The lowest BCUT2D eigenvalue weighted by Gasteiger charge is -2.20. The normalized spacial score (nSPS) is 17.5. The van der Waals surface area contributed by atoms with Crippen molar-refractivity contribution < 1.29 is 24.2 Å². The summed E-state index contributed by atoms with van der Waals surface area (Å²) in [6.45, 7) is 2.38. The number of hydrogen-bond acceptors (Lipinski definition) is 6. The van der Waals surface area contributed by atoms with Crippen molar-refractivity contribution in [3.05, 3.63) is 75.7 Å². The Labute approximate surface area is 206 Å². The highest BCUT2D eigenvalue weighted by atomic mass is 32.1. The predicted molar refractivity (Wildman–Crippen MR) is 130 cm³/mol. The first-order valence-electron chi connectivity index (χ1n) is 11.5. The molecule has 35 heavy (non-hydrogen) atoms. The third-order valence-corrected chi connectivity index (χ3v) is 7.62. The zero-order chi connectivity index (χ0) is 24.5. The smallest absolute Gasteiger partial charge is 0.407 e. The van der Waals surface area contributed by atoms with Gasteiger partial charge in [-0.25, -0.2) is 14.6 Å². The number of hydrogen-bond donors (Lipinski definition) is 2. The lowest BCUT2D eigenvalue weighted by atomic mass is 9.98. The van der Waals surface area contributed by atoms with Gasteiger partial charge in [-0.05, 0) is 42.0 Å². The monoisotopic (exact) mass is 491 g/mol. The van der Waals surface area contributed by atoms with Crippen LogP contribution in [-0.4, -0.2) is 52.2 Å². The third kappa shape index (κ3) is 4.39. The van der Waals surface area contributed by atoms with Crippen LogP contribution in [0, 0.1) is 0 Å². The molecule has 2 atom stereocenters. The van der Waals surface area contributed by atoms with Crippen molar-refractivity contribution in [2.24, 2.45) is 0 Å². The molecule has 1 aromatic heterocycles. The molecule has 8 nitrogen and oxygen atoms in total. The van der Waals surface area contributed by atoms with Gasteiger partial charge in [0, 0.05) is 17.8 Å². The van der Waals surface area contributed by atoms with E-state index in [1.54, 1.807) is 12.3 Å². The molecule has 0 spiro atoms. The summed E-state index contributed by atoms with van der Waals surface area (Å²) in [5.41, 5.74) is 4.79. The standard InChI is InChI=1S/C26H25N3O5S/c1-15(23-28-21(14-35-23)24(30)29-12-6-11-22(29)25(31)32)27-26(33)34-13-20-18-9-4-2-7-16(18)17-8-3-5-10-19(17)20/h2-5,7-10,14-15,20,22H,6,11-13H2,1H3,(H,27,33)(H,31,32). The molecule has 1 aliphatic carbocycles. The molecule has 5 rings (SSSR count). The second kappa shape index (κ2) is 9.50. The minimum Gasteiger partial charge on any atom is -0.480 e. The fraction of sp³-hybridized carbons (Fsp3) is 0.308. The molecule has 9 heteroatoms. The minimum absolute atomic E-state index is 0.0322. The molecule has 1 aliphatic heterocycles. The number of benzene rings is 2. The highest BCUT2D eigenvalue weighted by Gasteiger charge is 2.35. The third-order valence-electron chi connectivity index (χ3n) is 6.59. The summed E-state index contributed by atoms with van der Waals surface area (Å²) in [6.07, 6.45) is 0.532. The van der Waals surface area contributed by atoms with Crippen LogP contribution < -0.4 is 5.32 Å². The van der Waals surface area contributed by atoms with Gasteiger partial charge in [0.15, 0.2) is 0 Å². The molecular formula is C26H25N3O5S. The summed E-state index contributed by atoms with van der Waals surface area (Å²) in [7, 11) is 0. The maximum Gasteiger partial charge on any atom is 0.407 e. The second-order valence-electron chi connectivity index (χ2n) is 8.76. The fourth-order valence-electron chi connectivity index (χ4n) is 4.88. The molecule has 2 aromatic carbocycles. The summed E-state index contributed by atoms with van der Waals surface area (Å²) in [4.78, 5) is 42.5. The Hall–Kier alpha value is -3.72. The predicted octanol–water partition coefficient (Wildman–Crippen LogP) is 4.43. The van der Waals surface area contributed by atoms with E-state index in [0.717, 1.165) is 22.3 Å². The first-order valence-corrected chi connectivity index (χ1v) is 12.4. The first-order chi connectivity index (χ1) is 16.9. The number of thiazole rings is 1. The van der Waals surface area contributed by atoms with Crippen LogP contribution in [0.25, 0.3) is 11.1 Å². The summed E-state index contributed by atoms with van der Waals surface area (Å²) < 4.78 is 5.59. The summed E-state index contributed by atoms with van der Waals surface area (Å²) in [5.74, 6) is -1.43. The number of carboxylic acids is 1. The lowest BCUT2D eigenvalue weighted by Crippen LogP contribution is -2.40.